The van der Waals surface area contributed by atoms with Crippen molar-refractivity contribution >= 4 is 5.96 Å². The Bertz CT molecular complexity index is 438. The molecular formula is C13H18N4. The Morgan fingerprint density at radius 2 is 2.29 bits per heavy atom. The number of aliphatic imine (C=N–C) groups is 1. The van der Waals surface area contributed by atoms with Gasteiger partial charge in [0.1, 0.15) is 5.54 Å². The normalized spacial score (nSPS) is 28.3. The van der Waals surface area contributed by atoms with Gasteiger partial charge in [-0.25, -0.2) is 0 Å². The summed E-state index contributed by atoms with van der Waals surface area (Å²) in [6, 6.07) is 6.03. The summed E-state index contributed by atoms with van der Waals surface area (Å²) >= 11 is 0. The van der Waals surface area contributed by atoms with E-state index in [0.29, 0.717) is 12.5 Å². The van der Waals surface area contributed by atoms with E-state index in [4.69, 9.17) is 5.73 Å². The number of nitrogens with zero attached hydrogens (tertiary/aromatic N) is 3. The van der Waals surface area contributed by atoms with Crippen LogP contribution in [-0.2, 0) is 5.54 Å². The van der Waals surface area contributed by atoms with E-state index in [9.17, 15) is 0 Å². The van der Waals surface area contributed by atoms with Crippen LogP contribution in [0.3, 0.4) is 0 Å². The van der Waals surface area contributed by atoms with Gasteiger partial charge < -0.3 is 10.6 Å². The number of pyridine rings is 1. The molecule has 2 heterocycles. The highest BCUT2D eigenvalue weighted by Gasteiger charge is 2.42. The minimum absolute atomic E-state index is 0.159. The van der Waals surface area contributed by atoms with Crippen LogP contribution >= 0.6 is 0 Å². The van der Waals surface area contributed by atoms with Crippen molar-refractivity contribution in [1.29, 1.82) is 0 Å². The number of hydrogen-bond donors (Lipinski definition) is 1. The first-order valence-corrected chi connectivity index (χ1v) is 6.19. The SMILES string of the molecule is CC1(c2ccccn2)CN=C(N)N1CC1CC1. The van der Waals surface area contributed by atoms with E-state index < -0.39 is 0 Å². The zero-order chi connectivity index (χ0) is 11.9. The van der Waals surface area contributed by atoms with Crippen LogP contribution < -0.4 is 5.73 Å². The lowest BCUT2D eigenvalue weighted by atomic mass is 9.95. The largest absolute Gasteiger partial charge is 0.370 e. The summed E-state index contributed by atoms with van der Waals surface area (Å²) in [6.45, 7) is 3.91. The Morgan fingerprint density at radius 1 is 1.47 bits per heavy atom. The van der Waals surface area contributed by atoms with Crippen molar-refractivity contribution in [2.24, 2.45) is 16.6 Å². The van der Waals surface area contributed by atoms with E-state index in [-0.39, 0.29) is 5.54 Å². The molecule has 1 saturated carbocycles. The maximum absolute atomic E-state index is 6.02. The molecule has 0 amide bonds. The van der Waals surface area contributed by atoms with Crippen LogP contribution in [0.25, 0.3) is 0 Å². The van der Waals surface area contributed by atoms with Crippen molar-refractivity contribution in [3.8, 4) is 0 Å². The fraction of sp³-hybridized carbons (Fsp3) is 0.538. The third-order valence-corrected chi connectivity index (χ3v) is 3.78. The number of nitrogens with two attached hydrogens (primary N) is 1. The van der Waals surface area contributed by atoms with Crippen molar-refractivity contribution in [2.45, 2.75) is 25.3 Å². The molecule has 0 spiro atoms. The first kappa shape index (κ1) is 10.6. The molecule has 1 atom stereocenters. The molecule has 4 nitrogen and oxygen atoms in total. The minimum atomic E-state index is -0.159. The topological polar surface area (TPSA) is 54.5 Å². The van der Waals surface area contributed by atoms with Crippen molar-refractivity contribution in [3.05, 3.63) is 30.1 Å². The van der Waals surface area contributed by atoms with Gasteiger partial charge in [0.05, 0.1) is 12.2 Å². The maximum Gasteiger partial charge on any atom is 0.192 e. The second kappa shape index (κ2) is 3.72. The van der Waals surface area contributed by atoms with Crippen LogP contribution in [0.2, 0.25) is 0 Å². The molecule has 2 aliphatic rings. The Hall–Kier alpha value is -1.58. The van der Waals surface area contributed by atoms with Crippen molar-refractivity contribution in [2.75, 3.05) is 13.1 Å². The average molecular weight is 230 g/mol. The summed E-state index contributed by atoms with van der Waals surface area (Å²) < 4.78 is 0. The van der Waals surface area contributed by atoms with Crippen LogP contribution in [0.4, 0.5) is 0 Å². The predicted octanol–water partition coefficient (Wildman–Crippen LogP) is 1.34. The molecule has 1 aliphatic carbocycles. The number of rotatable bonds is 3. The second-order valence-electron chi connectivity index (χ2n) is 5.22. The summed E-state index contributed by atoms with van der Waals surface area (Å²) in [6.07, 6.45) is 4.48. The number of guanidine groups is 1. The molecule has 1 fully saturated rings. The van der Waals surface area contributed by atoms with Gasteiger partial charge in [0.25, 0.3) is 0 Å². The predicted molar refractivity (Wildman–Crippen MR) is 67.5 cm³/mol. The first-order chi connectivity index (χ1) is 8.20. The molecule has 0 radical (unpaired) electrons. The Balaban J connectivity index is 1.90. The quantitative estimate of drug-likeness (QED) is 0.852. The lowest BCUT2D eigenvalue weighted by molar-refractivity contribution is 0.211. The molecule has 0 bridgehead atoms. The van der Waals surface area contributed by atoms with Gasteiger partial charge in [-0.2, -0.15) is 0 Å². The highest BCUT2D eigenvalue weighted by molar-refractivity contribution is 5.81. The lowest BCUT2D eigenvalue weighted by Gasteiger charge is -2.35. The molecule has 1 aliphatic heterocycles. The van der Waals surface area contributed by atoms with E-state index in [2.05, 4.69) is 27.9 Å². The molecule has 1 aromatic rings. The van der Waals surface area contributed by atoms with E-state index in [0.717, 1.165) is 18.2 Å². The molecule has 1 aromatic heterocycles. The standard InChI is InChI=1S/C13H18N4/c1-13(11-4-2-3-7-15-11)9-16-12(14)17(13)8-10-5-6-10/h2-4,7,10H,5-6,8-9H2,1H3,(H2,14,16). The van der Waals surface area contributed by atoms with Gasteiger partial charge in [-0.15, -0.1) is 0 Å². The molecule has 0 saturated heterocycles. The number of aromatic nitrogens is 1. The van der Waals surface area contributed by atoms with Crippen molar-refractivity contribution in [3.63, 3.8) is 0 Å². The molecule has 2 N–H and O–H groups in total. The Kier molecular flexibility index (Phi) is 2.31. The van der Waals surface area contributed by atoms with Gasteiger partial charge in [-0.1, -0.05) is 6.07 Å². The average Bonchev–Trinajstić information content (AvgIpc) is 3.13. The third-order valence-electron chi connectivity index (χ3n) is 3.78. The van der Waals surface area contributed by atoms with Crippen molar-refractivity contribution in [1.82, 2.24) is 9.88 Å². The van der Waals surface area contributed by atoms with Crippen molar-refractivity contribution < 1.29 is 0 Å². The van der Waals surface area contributed by atoms with E-state index >= 15 is 0 Å². The third kappa shape index (κ3) is 1.77. The van der Waals surface area contributed by atoms with Gasteiger partial charge in [-0.3, -0.25) is 9.98 Å². The first-order valence-electron chi connectivity index (χ1n) is 6.19. The molecule has 0 aromatic carbocycles. The molecular weight excluding hydrogens is 212 g/mol. The maximum atomic E-state index is 6.02. The highest BCUT2D eigenvalue weighted by Crippen LogP contribution is 2.37. The Labute approximate surface area is 102 Å². The Morgan fingerprint density at radius 3 is 2.94 bits per heavy atom. The summed E-state index contributed by atoms with van der Waals surface area (Å²) in [5.74, 6) is 1.47. The summed E-state index contributed by atoms with van der Waals surface area (Å²) in [4.78, 5) is 11.1. The summed E-state index contributed by atoms with van der Waals surface area (Å²) in [5, 5.41) is 0. The number of hydrogen-bond acceptors (Lipinski definition) is 4. The fourth-order valence-electron chi connectivity index (χ4n) is 2.41. The van der Waals surface area contributed by atoms with Crippen LogP contribution in [-0.4, -0.2) is 28.9 Å². The summed E-state index contributed by atoms with van der Waals surface area (Å²) in [7, 11) is 0. The smallest absolute Gasteiger partial charge is 0.192 e. The van der Waals surface area contributed by atoms with Crippen LogP contribution in [0.15, 0.2) is 29.4 Å². The fourth-order valence-corrected chi connectivity index (χ4v) is 2.41. The monoisotopic (exact) mass is 230 g/mol. The molecule has 4 heteroatoms. The molecule has 3 rings (SSSR count). The van der Waals surface area contributed by atoms with Gasteiger partial charge in [0, 0.05) is 12.7 Å². The van der Waals surface area contributed by atoms with E-state index in [1.54, 1.807) is 0 Å². The zero-order valence-corrected chi connectivity index (χ0v) is 10.1. The van der Waals surface area contributed by atoms with E-state index in [1.165, 1.54) is 12.8 Å². The molecule has 1 unspecified atom stereocenters. The molecule has 90 valence electrons. The van der Waals surface area contributed by atoms with Gasteiger partial charge in [0.15, 0.2) is 5.96 Å². The molecule has 17 heavy (non-hydrogen) atoms. The zero-order valence-electron chi connectivity index (χ0n) is 10.1. The van der Waals surface area contributed by atoms with Crippen LogP contribution in [0.5, 0.6) is 0 Å². The summed E-state index contributed by atoms with van der Waals surface area (Å²) in [5.41, 5.74) is 6.92. The van der Waals surface area contributed by atoms with Gasteiger partial charge >= 0.3 is 0 Å². The lowest BCUT2D eigenvalue weighted by Crippen LogP contribution is -2.48. The second-order valence-corrected chi connectivity index (χ2v) is 5.22. The highest BCUT2D eigenvalue weighted by atomic mass is 15.4. The minimum Gasteiger partial charge on any atom is -0.370 e. The van der Waals surface area contributed by atoms with Gasteiger partial charge in [0.2, 0.25) is 0 Å². The van der Waals surface area contributed by atoms with E-state index in [1.807, 2.05) is 18.3 Å². The van der Waals surface area contributed by atoms with Gasteiger partial charge in [-0.05, 0) is 37.8 Å². The van der Waals surface area contributed by atoms with Crippen LogP contribution in [0.1, 0.15) is 25.5 Å². The van der Waals surface area contributed by atoms with Crippen LogP contribution in [0, 0.1) is 5.92 Å².